The minimum Gasteiger partial charge on any atom is -0.494 e. The average molecular weight is 374 g/mol. The summed E-state index contributed by atoms with van der Waals surface area (Å²) in [7, 11) is 0. The van der Waals surface area contributed by atoms with Crippen LogP contribution < -0.4 is 15.0 Å². The summed E-state index contributed by atoms with van der Waals surface area (Å²) in [5.74, 6) is 0.315. The average Bonchev–Trinajstić information content (AvgIpc) is 3.00. The molecular weight excluding hydrogens is 352 g/mol. The van der Waals surface area contributed by atoms with Crippen molar-refractivity contribution < 1.29 is 14.3 Å². The standard InChI is InChI=1S/C23H22N2O3/c1-2-28-19-12-10-18(11-13-19)25-22(26)14-21(23(25)27)24-15-17-8-5-7-16-6-3-4-9-20(16)17/h3-13,21,24H,2,14-15H2,1H3. The van der Waals surface area contributed by atoms with Gasteiger partial charge in [-0.05, 0) is 47.5 Å². The summed E-state index contributed by atoms with van der Waals surface area (Å²) < 4.78 is 5.42. The normalized spacial score (nSPS) is 16.8. The molecule has 0 saturated carbocycles. The molecule has 0 aromatic heterocycles. The maximum absolute atomic E-state index is 12.8. The van der Waals surface area contributed by atoms with Gasteiger partial charge in [0.1, 0.15) is 5.75 Å². The SMILES string of the molecule is CCOc1ccc(N2C(=O)CC(NCc3cccc4ccccc34)C2=O)cc1. The van der Waals surface area contributed by atoms with E-state index in [4.69, 9.17) is 4.74 Å². The second-order valence-corrected chi connectivity index (χ2v) is 6.77. The number of benzene rings is 3. The van der Waals surface area contributed by atoms with Crippen LogP contribution in [0.2, 0.25) is 0 Å². The van der Waals surface area contributed by atoms with E-state index in [2.05, 4.69) is 23.5 Å². The molecule has 1 N–H and O–H groups in total. The van der Waals surface area contributed by atoms with Gasteiger partial charge >= 0.3 is 0 Å². The Hall–Kier alpha value is -3.18. The Bertz CT molecular complexity index is 1010. The quantitative estimate of drug-likeness (QED) is 0.669. The van der Waals surface area contributed by atoms with Gasteiger partial charge in [0.2, 0.25) is 5.91 Å². The predicted molar refractivity (Wildman–Crippen MR) is 109 cm³/mol. The summed E-state index contributed by atoms with van der Waals surface area (Å²) in [4.78, 5) is 26.5. The van der Waals surface area contributed by atoms with E-state index in [1.807, 2.05) is 31.2 Å². The van der Waals surface area contributed by atoms with E-state index >= 15 is 0 Å². The first kappa shape index (κ1) is 18.2. The van der Waals surface area contributed by atoms with E-state index in [0.717, 1.165) is 22.1 Å². The number of imide groups is 1. The van der Waals surface area contributed by atoms with Gasteiger partial charge < -0.3 is 10.1 Å². The first-order valence-corrected chi connectivity index (χ1v) is 9.47. The van der Waals surface area contributed by atoms with Crippen LogP contribution in [-0.2, 0) is 16.1 Å². The summed E-state index contributed by atoms with van der Waals surface area (Å²) in [6.45, 7) is 3.01. The maximum atomic E-state index is 12.8. The van der Waals surface area contributed by atoms with Crippen molar-refractivity contribution in [3.8, 4) is 5.75 Å². The van der Waals surface area contributed by atoms with Crippen LogP contribution in [-0.4, -0.2) is 24.5 Å². The highest BCUT2D eigenvalue weighted by molar-refractivity contribution is 6.22. The monoisotopic (exact) mass is 374 g/mol. The summed E-state index contributed by atoms with van der Waals surface area (Å²) in [6, 6.07) is 20.8. The molecule has 4 rings (SSSR count). The Morgan fingerprint density at radius 1 is 1.00 bits per heavy atom. The van der Waals surface area contributed by atoms with Crippen molar-refractivity contribution in [3.05, 3.63) is 72.3 Å². The topological polar surface area (TPSA) is 58.6 Å². The Kier molecular flexibility index (Phi) is 5.08. The lowest BCUT2D eigenvalue weighted by molar-refractivity contribution is -0.121. The highest BCUT2D eigenvalue weighted by Gasteiger charge is 2.39. The highest BCUT2D eigenvalue weighted by Crippen LogP contribution is 2.26. The van der Waals surface area contributed by atoms with Crippen LogP contribution in [0.15, 0.2) is 66.7 Å². The van der Waals surface area contributed by atoms with Crippen molar-refractivity contribution in [3.63, 3.8) is 0 Å². The van der Waals surface area contributed by atoms with Gasteiger partial charge in [-0.2, -0.15) is 0 Å². The molecule has 1 fully saturated rings. The van der Waals surface area contributed by atoms with Crippen molar-refractivity contribution in [1.29, 1.82) is 0 Å². The zero-order chi connectivity index (χ0) is 19.5. The molecule has 1 saturated heterocycles. The number of fused-ring (bicyclic) bond motifs is 1. The number of amides is 2. The molecule has 0 radical (unpaired) electrons. The van der Waals surface area contributed by atoms with Gasteiger partial charge in [0.25, 0.3) is 5.91 Å². The van der Waals surface area contributed by atoms with Gasteiger partial charge in [-0.3, -0.25) is 9.59 Å². The number of anilines is 1. The molecule has 1 atom stereocenters. The predicted octanol–water partition coefficient (Wildman–Crippen LogP) is 3.66. The molecule has 1 unspecified atom stereocenters. The molecule has 3 aromatic rings. The van der Waals surface area contributed by atoms with E-state index in [-0.39, 0.29) is 18.2 Å². The zero-order valence-electron chi connectivity index (χ0n) is 15.7. The summed E-state index contributed by atoms with van der Waals surface area (Å²) in [6.07, 6.45) is 0.164. The van der Waals surface area contributed by atoms with Crippen LogP contribution in [0.3, 0.4) is 0 Å². The van der Waals surface area contributed by atoms with Crippen LogP contribution in [0.4, 0.5) is 5.69 Å². The van der Waals surface area contributed by atoms with Crippen molar-refractivity contribution in [1.82, 2.24) is 5.32 Å². The number of nitrogens with one attached hydrogen (secondary N) is 1. The molecule has 0 aliphatic carbocycles. The second-order valence-electron chi connectivity index (χ2n) is 6.77. The lowest BCUT2D eigenvalue weighted by Crippen LogP contribution is -2.38. The third-order valence-corrected chi connectivity index (χ3v) is 4.97. The maximum Gasteiger partial charge on any atom is 0.251 e. The fraction of sp³-hybridized carbons (Fsp3) is 0.217. The van der Waals surface area contributed by atoms with Crippen LogP contribution in [0.5, 0.6) is 5.75 Å². The molecule has 3 aromatic carbocycles. The lowest BCUT2D eigenvalue weighted by atomic mass is 10.0. The van der Waals surface area contributed by atoms with Gasteiger partial charge in [-0.1, -0.05) is 42.5 Å². The first-order valence-electron chi connectivity index (χ1n) is 9.47. The molecule has 1 aliphatic rings. The molecule has 2 amide bonds. The third-order valence-electron chi connectivity index (χ3n) is 4.97. The molecule has 5 nitrogen and oxygen atoms in total. The van der Waals surface area contributed by atoms with E-state index in [1.54, 1.807) is 24.3 Å². The van der Waals surface area contributed by atoms with Crippen molar-refractivity contribution in [2.75, 3.05) is 11.5 Å². The lowest BCUT2D eigenvalue weighted by Gasteiger charge is -2.16. The van der Waals surface area contributed by atoms with Crippen LogP contribution in [0.1, 0.15) is 18.9 Å². The van der Waals surface area contributed by atoms with Gasteiger partial charge in [0, 0.05) is 6.54 Å². The van der Waals surface area contributed by atoms with Gasteiger partial charge in [-0.25, -0.2) is 4.90 Å². The second kappa shape index (κ2) is 7.82. The van der Waals surface area contributed by atoms with E-state index < -0.39 is 6.04 Å². The van der Waals surface area contributed by atoms with E-state index in [0.29, 0.717) is 18.8 Å². The number of ether oxygens (including phenoxy) is 1. The Morgan fingerprint density at radius 3 is 2.54 bits per heavy atom. The number of nitrogens with zero attached hydrogens (tertiary/aromatic N) is 1. The molecule has 28 heavy (non-hydrogen) atoms. The number of rotatable bonds is 6. The zero-order valence-corrected chi connectivity index (χ0v) is 15.7. The Morgan fingerprint density at radius 2 is 1.75 bits per heavy atom. The van der Waals surface area contributed by atoms with Crippen LogP contribution >= 0.6 is 0 Å². The summed E-state index contributed by atoms with van der Waals surface area (Å²) in [5, 5.41) is 5.57. The van der Waals surface area contributed by atoms with Crippen molar-refractivity contribution in [2.24, 2.45) is 0 Å². The van der Waals surface area contributed by atoms with Crippen molar-refractivity contribution >= 4 is 28.3 Å². The van der Waals surface area contributed by atoms with Crippen LogP contribution in [0, 0.1) is 0 Å². The number of hydrogen-bond donors (Lipinski definition) is 1. The number of hydrogen-bond acceptors (Lipinski definition) is 4. The molecule has 0 spiro atoms. The summed E-state index contributed by atoms with van der Waals surface area (Å²) in [5.41, 5.74) is 1.69. The molecule has 1 heterocycles. The third kappa shape index (κ3) is 3.49. The fourth-order valence-corrected chi connectivity index (χ4v) is 3.60. The smallest absolute Gasteiger partial charge is 0.251 e. The molecule has 0 bridgehead atoms. The Labute approximate surface area is 163 Å². The largest absolute Gasteiger partial charge is 0.494 e. The Balaban J connectivity index is 1.48. The minimum atomic E-state index is -0.516. The van der Waals surface area contributed by atoms with Gasteiger partial charge in [-0.15, -0.1) is 0 Å². The minimum absolute atomic E-state index is 0.164. The first-order chi connectivity index (χ1) is 13.7. The van der Waals surface area contributed by atoms with E-state index in [1.165, 1.54) is 4.90 Å². The highest BCUT2D eigenvalue weighted by atomic mass is 16.5. The van der Waals surface area contributed by atoms with Gasteiger partial charge in [0.05, 0.1) is 24.8 Å². The summed E-state index contributed by atoms with van der Waals surface area (Å²) >= 11 is 0. The molecule has 142 valence electrons. The number of carbonyl (C=O) groups excluding carboxylic acids is 2. The van der Waals surface area contributed by atoms with Crippen LogP contribution in [0.25, 0.3) is 10.8 Å². The fourth-order valence-electron chi connectivity index (χ4n) is 3.60. The molecule has 5 heteroatoms. The number of carbonyl (C=O) groups is 2. The van der Waals surface area contributed by atoms with Gasteiger partial charge in [0.15, 0.2) is 0 Å². The molecular formula is C23H22N2O3. The van der Waals surface area contributed by atoms with Crippen molar-refractivity contribution in [2.45, 2.75) is 25.9 Å². The molecule has 1 aliphatic heterocycles. The van der Waals surface area contributed by atoms with E-state index in [9.17, 15) is 9.59 Å².